The lowest BCUT2D eigenvalue weighted by Gasteiger charge is -2.19. The van der Waals surface area contributed by atoms with Crippen molar-refractivity contribution in [3.8, 4) is 0 Å². The number of ether oxygens (including phenoxy) is 2. The maximum Gasteiger partial charge on any atom is 0.412 e. The zero-order valence-corrected chi connectivity index (χ0v) is 14.4. The normalized spacial score (nSPS) is 19.0. The molecular formula is C18H28N2O3. The first-order valence-electron chi connectivity index (χ1n) is 8.32. The highest BCUT2D eigenvalue weighted by Gasteiger charge is 2.16. The van der Waals surface area contributed by atoms with Crippen molar-refractivity contribution in [3.05, 3.63) is 29.8 Å². The van der Waals surface area contributed by atoms with E-state index >= 15 is 0 Å². The lowest BCUT2D eigenvalue weighted by molar-refractivity contribution is 0.0636. The van der Waals surface area contributed by atoms with Crippen molar-refractivity contribution >= 4 is 11.8 Å². The van der Waals surface area contributed by atoms with E-state index in [1.165, 1.54) is 5.56 Å². The Bertz CT molecular complexity index is 486. The second kappa shape index (κ2) is 8.31. The second-order valence-corrected chi connectivity index (χ2v) is 6.94. The van der Waals surface area contributed by atoms with Gasteiger partial charge in [-0.25, -0.2) is 4.79 Å². The van der Waals surface area contributed by atoms with E-state index in [0.29, 0.717) is 6.04 Å². The van der Waals surface area contributed by atoms with E-state index < -0.39 is 11.7 Å². The third kappa shape index (κ3) is 7.01. The molecule has 5 nitrogen and oxygen atoms in total. The summed E-state index contributed by atoms with van der Waals surface area (Å²) in [6, 6.07) is 8.37. The summed E-state index contributed by atoms with van der Waals surface area (Å²) in [4.78, 5) is 11.7. The van der Waals surface area contributed by atoms with E-state index in [-0.39, 0.29) is 0 Å². The molecule has 1 aliphatic rings. The van der Waals surface area contributed by atoms with Crippen LogP contribution in [-0.4, -0.2) is 30.9 Å². The van der Waals surface area contributed by atoms with Crippen LogP contribution in [0.3, 0.4) is 0 Å². The highest BCUT2D eigenvalue weighted by atomic mass is 16.6. The average Bonchev–Trinajstić information content (AvgIpc) is 2.73. The van der Waals surface area contributed by atoms with Crippen LogP contribution in [0.2, 0.25) is 0 Å². The lowest BCUT2D eigenvalue weighted by Crippen LogP contribution is -2.28. The summed E-state index contributed by atoms with van der Waals surface area (Å²) in [5, 5.41) is 6.32. The maximum atomic E-state index is 11.7. The van der Waals surface area contributed by atoms with Crippen molar-refractivity contribution < 1.29 is 14.3 Å². The largest absolute Gasteiger partial charge is 0.444 e. The van der Waals surface area contributed by atoms with Crippen LogP contribution in [0.1, 0.15) is 45.6 Å². The molecular weight excluding hydrogens is 292 g/mol. The predicted octanol–water partition coefficient (Wildman–Crippen LogP) is 3.69. The molecule has 5 heteroatoms. The zero-order chi connectivity index (χ0) is 16.7. The Balaban J connectivity index is 1.78. The predicted molar refractivity (Wildman–Crippen MR) is 91.6 cm³/mol. The minimum atomic E-state index is -0.490. The van der Waals surface area contributed by atoms with E-state index in [1.807, 2.05) is 45.0 Å². The summed E-state index contributed by atoms with van der Waals surface area (Å²) in [6.45, 7) is 8.09. The number of anilines is 1. The van der Waals surface area contributed by atoms with Gasteiger partial charge >= 0.3 is 6.09 Å². The summed E-state index contributed by atoms with van der Waals surface area (Å²) in [7, 11) is 0. The third-order valence-corrected chi connectivity index (χ3v) is 3.65. The van der Waals surface area contributed by atoms with Gasteiger partial charge in [-0.1, -0.05) is 12.1 Å². The quantitative estimate of drug-likeness (QED) is 0.888. The van der Waals surface area contributed by atoms with Crippen molar-refractivity contribution in [1.29, 1.82) is 0 Å². The van der Waals surface area contributed by atoms with Crippen LogP contribution in [-0.2, 0) is 16.0 Å². The Morgan fingerprint density at radius 3 is 2.65 bits per heavy atom. The van der Waals surface area contributed by atoms with Gasteiger partial charge in [0, 0.05) is 31.5 Å². The fourth-order valence-electron chi connectivity index (χ4n) is 2.50. The molecule has 1 amide bonds. The van der Waals surface area contributed by atoms with E-state index in [1.54, 1.807) is 0 Å². The number of carbonyl (C=O) groups excluding carboxylic acids is 1. The molecule has 1 fully saturated rings. The molecule has 0 spiro atoms. The van der Waals surface area contributed by atoms with E-state index in [0.717, 1.165) is 44.7 Å². The van der Waals surface area contributed by atoms with E-state index in [2.05, 4.69) is 10.6 Å². The van der Waals surface area contributed by atoms with Crippen molar-refractivity contribution in [2.45, 2.75) is 58.2 Å². The maximum absolute atomic E-state index is 11.7. The average molecular weight is 320 g/mol. The fourth-order valence-corrected chi connectivity index (χ4v) is 2.50. The van der Waals surface area contributed by atoms with Gasteiger partial charge in [-0.3, -0.25) is 5.32 Å². The third-order valence-electron chi connectivity index (χ3n) is 3.65. The minimum absolute atomic E-state index is 0.429. The number of amides is 1. The molecule has 0 aliphatic carbocycles. The monoisotopic (exact) mass is 320 g/mol. The van der Waals surface area contributed by atoms with Crippen LogP contribution in [0.4, 0.5) is 10.5 Å². The molecule has 1 aliphatic heterocycles. The van der Waals surface area contributed by atoms with Crippen LogP contribution in [0, 0.1) is 0 Å². The molecule has 0 aromatic heterocycles. The summed E-state index contributed by atoms with van der Waals surface area (Å²) in [6.07, 6.45) is 2.93. The van der Waals surface area contributed by atoms with Gasteiger partial charge in [-0.2, -0.15) is 0 Å². The van der Waals surface area contributed by atoms with Crippen molar-refractivity contribution in [2.24, 2.45) is 0 Å². The Morgan fingerprint density at radius 1 is 1.22 bits per heavy atom. The van der Waals surface area contributed by atoms with Crippen LogP contribution in [0.15, 0.2) is 24.3 Å². The Hall–Kier alpha value is -1.59. The molecule has 1 saturated heterocycles. The standard InChI is InChI=1S/C18H28N2O3/c1-18(2,3)23-17(21)20-16-8-6-14(7-9-16)13-19-15-5-4-11-22-12-10-15/h6-9,15,19H,4-5,10-13H2,1-3H3,(H,20,21). The van der Waals surface area contributed by atoms with Crippen LogP contribution < -0.4 is 10.6 Å². The molecule has 0 radical (unpaired) electrons. The SMILES string of the molecule is CC(C)(C)OC(=O)Nc1ccc(CNC2CCCOCC2)cc1. The molecule has 1 heterocycles. The summed E-state index contributed by atoms with van der Waals surface area (Å²) < 4.78 is 10.7. The minimum Gasteiger partial charge on any atom is -0.444 e. The van der Waals surface area contributed by atoms with E-state index in [4.69, 9.17) is 9.47 Å². The molecule has 0 bridgehead atoms. The van der Waals surface area contributed by atoms with Gasteiger partial charge in [0.05, 0.1) is 0 Å². The molecule has 2 rings (SSSR count). The molecule has 128 valence electrons. The molecule has 1 atom stereocenters. The summed E-state index contributed by atoms with van der Waals surface area (Å²) >= 11 is 0. The fraction of sp³-hybridized carbons (Fsp3) is 0.611. The molecule has 1 aromatic carbocycles. The number of hydrogen-bond donors (Lipinski definition) is 2. The molecule has 1 unspecified atom stereocenters. The Morgan fingerprint density at radius 2 is 1.96 bits per heavy atom. The van der Waals surface area contributed by atoms with Gasteiger partial charge in [0.25, 0.3) is 0 Å². The van der Waals surface area contributed by atoms with Gasteiger partial charge in [0.1, 0.15) is 5.60 Å². The number of carbonyl (C=O) groups is 1. The second-order valence-electron chi connectivity index (χ2n) is 6.94. The van der Waals surface area contributed by atoms with Gasteiger partial charge < -0.3 is 14.8 Å². The number of rotatable bonds is 4. The zero-order valence-electron chi connectivity index (χ0n) is 14.4. The van der Waals surface area contributed by atoms with E-state index in [9.17, 15) is 4.79 Å². The van der Waals surface area contributed by atoms with Crippen molar-refractivity contribution in [1.82, 2.24) is 5.32 Å². The smallest absolute Gasteiger partial charge is 0.412 e. The summed E-state index contributed by atoms with van der Waals surface area (Å²) in [5.41, 5.74) is 1.45. The Labute approximate surface area is 138 Å². The lowest BCUT2D eigenvalue weighted by atomic mass is 10.1. The first kappa shape index (κ1) is 17.8. The summed E-state index contributed by atoms with van der Waals surface area (Å²) in [5.74, 6) is 0. The van der Waals surface area contributed by atoms with Gasteiger partial charge in [0.2, 0.25) is 0 Å². The molecule has 0 saturated carbocycles. The van der Waals surface area contributed by atoms with Crippen molar-refractivity contribution in [2.75, 3.05) is 18.5 Å². The highest BCUT2D eigenvalue weighted by Crippen LogP contribution is 2.14. The Kier molecular flexibility index (Phi) is 6.42. The highest BCUT2D eigenvalue weighted by molar-refractivity contribution is 5.84. The van der Waals surface area contributed by atoms with Crippen LogP contribution in [0.25, 0.3) is 0 Å². The molecule has 23 heavy (non-hydrogen) atoms. The number of nitrogens with one attached hydrogen (secondary N) is 2. The topological polar surface area (TPSA) is 59.6 Å². The van der Waals surface area contributed by atoms with Gasteiger partial charge in [-0.05, 0) is 57.7 Å². The van der Waals surface area contributed by atoms with Crippen LogP contribution in [0.5, 0.6) is 0 Å². The number of hydrogen-bond acceptors (Lipinski definition) is 4. The van der Waals surface area contributed by atoms with Gasteiger partial charge in [0.15, 0.2) is 0 Å². The van der Waals surface area contributed by atoms with Crippen LogP contribution >= 0.6 is 0 Å². The van der Waals surface area contributed by atoms with Crippen molar-refractivity contribution in [3.63, 3.8) is 0 Å². The molecule has 2 N–H and O–H groups in total. The number of benzene rings is 1. The first-order valence-corrected chi connectivity index (χ1v) is 8.32. The first-order chi connectivity index (χ1) is 10.9. The van der Waals surface area contributed by atoms with Gasteiger partial charge in [-0.15, -0.1) is 0 Å². The molecule has 1 aromatic rings.